The van der Waals surface area contributed by atoms with Crippen LogP contribution in [0.2, 0.25) is 0 Å². The van der Waals surface area contributed by atoms with Crippen molar-refractivity contribution in [1.82, 2.24) is 15.3 Å². The molecule has 0 aliphatic carbocycles. The molecule has 94 valence electrons. The van der Waals surface area contributed by atoms with E-state index in [1.807, 2.05) is 0 Å². The van der Waals surface area contributed by atoms with Crippen molar-refractivity contribution in [2.75, 3.05) is 7.05 Å². The van der Waals surface area contributed by atoms with E-state index in [1.54, 1.807) is 19.2 Å². The van der Waals surface area contributed by atoms with E-state index < -0.39 is 0 Å². The standard InChI is InChI=1S/C12H11BrFN3O/c1-15-6-8-5-11(18)17-12(16-8)7-2-3-10(14)9(13)4-7/h2-5,15H,6H2,1H3,(H,16,17,18). The minimum atomic E-state index is -0.354. The summed E-state index contributed by atoms with van der Waals surface area (Å²) in [5, 5.41) is 2.93. The molecule has 1 heterocycles. The van der Waals surface area contributed by atoms with Gasteiger partial charge in [-0.25, -0.2) is 9.37 Å². The van der Waals surface area contributed by atoms with Gasteiger partial charge in [0.15, 0.2) is 0 Å². The van der Waals surface area contributed by atoms with E-state index in [0.717, 1.165) is 0 Å². The van der Waals surface area contributed by atoms with Gasteiger partial charge < -0.3 is 10.3 Å². The molecule has 0 fully saturated rings. The van der Waals surface area contributed by atoms with E-state index in [1.165, 1.54) is 12.1 Å². The van der Waals surface area contributed by atoms with Crippen molar-refractivity contribution in [3.8, 4) is 11.4 Å². The maximum Gasteiger partial charge on any atom is 0.251 e. The highest BCUT2D eigenvalue weighted by atomic mass is 79.9. The van der Waals surface area contributed by atoms with Crippen molar-refractivity contribution in [2.45, 2.75) is 6.54 Å². The Morgan fingerprint density at radius 1 is 1.44 bits per heavy atom. The molecule has 6 heteroatoms. The zero-order valence-electron chi connectivity index (χ0n) is 9.63. The van der Waals surface area contributed by atoms with Crippen molar-refractivity contribution in [3.63, 3.8) is 0 Å². The van der Waals surface area contributed by atoms with E-state index in [4.69, 9.17) is 0 Å². The van der Waals surface area contributed by atoms with E-state index in [-0.39, 0.29) is 11.4 Å². The summed E-state index contributed by atoms with van der Waals surface area (Å²) in [4.78, 5) is 18.4. The lowest BCUT2D eigenvalue weighted by Crippen LogP contribution is -2.14. The zero-order valence-corrected chi connectivity index (χ0v) is 11.2. The molecular formula is C12H11BrFN3O. The zero-order chi connectivity index (χ0) is 13.1. The third-order valence-corrected chi connectivity index (χ3v) is 2.95. The third kappa shape index (κ3) is 2.83. The molecule has 2 N–H and O–H groups in total. The van der Waals surface area contributed by atoms with Crippen LogP contribution in [0.5, 0.6) is 0 Å². The second-order valence-electron chi connectivity index (χ2n) is 3.74. The second kappa shape index (κ2) is 5.41. The average molecular weight is 312 g/mol. The minimum Gasteiger partial charge on any atom is -0.314 e. The smallest absolute Gasteiger partial charge is 0.251 e. The number of rotatable bonds is 3. The van der Waals surface area contributed by atoms with Gasteiger partial charge in [-0.05, 0) is 41.2 Å². The number of hydrogen-bond acceptors (Lipinski definition) is 3. The number of benzene rings is 1. The summed E-state index contributed by atoms with van der Waals surface area (Å²) in [5.41, 5.74) is 1.06. The minimum absolute atomic E-state index is 0.231. The van der Waals surface area contributed by atoms with Crippen molar-refractivity contribution < 1.29 is 4.39 Å². The van der Waals surface area contributed by atoms with E-state index in [0.29, 0.717) is 28.1 Å². The largest absolute Gasteiger partial charge is 0.314 e. The van der Waals surface area contributed by atoms with Crippen LogP contribution >= 0.6 is 15.9 Å². The highest BCUT2D eigenvalue weighted by Crippen LogP contribution is 2.22. The number of hydrogen-bond donors (Lipinski definition) is 2. The Hall–Kier alpha value is -1.53. The number of halogens is 2. The molecule has 1 aromatic heterocycles. The van der Waals surface area contributed by atoms with E-state index in [2.05, 4.69) is 31.2 Å². The molecule has 0 unspecified atom stereocenters. The molecule has 0 aliphatic rings. The third-order valence-electron chi connectivity index (χ3n) is 2.35. The Morgan fingerprint density at radius 2 is 2.22 bits per heavy atom. The molecule has 18 heavy (non-hydrogen) atoms. The summed E-state index contributed by atoms with van der Waals surface area (Å²) in [6, 6.07) is 5.90. The Labute approximate surface area is 111 Å². The van der Waals surface area contributed by atoms with Crippen LogP contribution in [0.3, 0.4) is 0 Å². The van der Waals surface area contributed by atoms with Crippen molar-refractivity contribution in [2.24, 2.45) is 0 Å². The Balaban J connectivity index is 2.49. The topological polar surface area (TPSA) is 57.8 Å². The number of nitrogens with one attached hydrogen (secondary N) is 2. The molecule has 0 radical (unpaired) electrons. The highest BCUT2D eigenvalue weighted by molar-refractivity contribution is 9.10. The van der Waals surface area contributed by atoms with Gasteiger partial charge in [-0.1, -0.05) is 0 Å². The summed E-state index contributed by atoms with van der Waals surface area (Å²) >= 11 is 3.10. The van der Waals surface area contributed by atoms with Crippen LogP contribution < -0.4 is 10.9 Å². The molecule has 0 amide bonds. The van der Waals surface area contributed by atoms with Gasteiger partial charge in [0.25, 0.3) is 5.56 Å². The summed E-state index contributed by atoms with van der Waals surface area (Å²) in [5.74, 6) is 0.0703. The molecule has 4 nitrogen and oxygen atoms in total. The second-order valence-corrected chi connectivity index (χ2v) is 4.60. The van der Waals surface area contributed by atoms with Crippen LogP contribution in [-0.4, -0.2) is 17.0 Å². The van der Waals surface area contributed by atoms with Gasteiger partial charge in [0.2, 0.25) is 0 Å². The fourth-order valence-electron chi connectivity index (χ4n) is 1.56. The Kier molecular flexibility index (Phi) is 3.88. The molecule has 1 aromatic carbocycles. The number of nitrogens with zero attached hydrogens (tertiary/aromatic N) is 1. The maximum absolute atomic E-state index is 13.1. The average Bonchev–Trinajstić information content (AvgIpc) is 2.32. The monoisotopic (exact) mass is 311 g/mol. The fourth-order valence-corrected chi connectivity index (χ4v) is 1.94. The van der Waals surface area contributed by atoms with Crippen molar-refractivity contribution >= 4 is 15.9 Å². The summed E-state index contributed by atoms with van der Waals surface area (Å²) in [6.07, 6.45) is 0. The van der Waals surface area contributed by atoms with E-state index in [9.17, 15) is 9.18 Å². The molecule has 0 saturated heterocycles. The van der Waals surface area contributed by atoms with Gasteiger partial charge in [-0.3, -0.25) is 4.79 Å². The van der Waals surface area contributed by atoms with Gasteiger partial charge >= 0.3 is 0 Å². The van der Waals surface area contributed by atoms with Gasteiger partial charge in [0.1, 0.15) is 11.6 Å². The van der Waals surface area contributed by atoms with Crippen LogP contribution in [0.25, 0.3) is 11.4 Å². The van der Waals surface area contributed by atoms with Crippen LogP contribution in [0.4, 0.5) is 4.39 Å². The molecule has 2 aromatic rings. The predicted octanol–water partition coefficient (Wildman–Crippen LogP) is 2.06. The quantitative estimate of drug-likeness (QED) is 0.912. The lowest BCUT2D eigenvalue weighted by Gasteiger charge is -2.05. The normalized spacial score (nSPS) is 10.6. The summed E-state index contributed by atoms with van der Waals surface area (Å²) in [6.45, 7) is 0.499. The fraction of sp³-hybridized carbons (Fsp3) is 0.167. The summed E-state index contributed by atoms with van der Waals surface area (Å²) < 4.78 is 13.5. The first kappa shape index (κ1) is 12.9. The van der Waals surface area contributed by atoms with Crippen molar-refractivity contribution in [3.05, 3.63) is 50.6 Å². The summed E-state index contributed by atoms with van der Waals surface area (Å²) in [7, 11) is 1.77. The Morgan fingerprint density at radius 3 is 2.89 bits per heavy atom. The first-order chi connectivity index (χ1) is 8.60. The Bertz CT molecular complexity index is 627. The van der Waals surface area contributed by atoms with Gasteiger partial charge in [-0.2, -0.15) is 0 Å². The molecule has 0 bridgehead atoms. The number of aromatic amines is 1. The molecule has 2 rings (SSSR count). The number of aromatic nitrogens is 2. The molecule has 0 atom stereocenters. The van der Waals surface area contributed by atoms with Gasteiger partial charge in [0, 0.05) is 18.2 Å². The lowest BCUT2D eigenvalue weighted by molar-refractivity contribution is 0.621. The van der Waals surface area contributed by atoms with Crippen LogP contribution in [0, 0.1) is 5.82 Å². The SMILES string of the molecule is CNCc1cc(=O)[nH]c(-c2ccc(F)c(Br)c2)n1. The predicted molar refractivity (Wildman–Crippen MR) is 70.7 cm³/mol. The molecule has 0 aliphatic heterocycles. The van der Waals surface area contributed by atoms with Crippen LogP contribution in [0.1, 0.15) is 5.69 Å². The van der Waals surface area contributed by atoms with Crippen molar-refractivity contribution in [1.29, 1.82) is 0 Å². The number of H-pyrrole nitrogens is 1. The van der Waals surface area contributed by atoms with Gasteiger partial charge in [0.05, 0.1) is 10.2 Å². The first-order valence-corrected chi connectivity index (χ1v) is 6.09. The highest BCUT2D eigenvalue weighted by Gasteiger charge is 2.06. The van der Waals surface area contributed by atoms with E-state index >= 15 is 0 Å². The lowest BCUT2D eigenvalue weighted by atomic mass is 10.2. The molecule has 0 spiro atoms. The first-order valence-electron chi connectivity index (χ1n) is 5.30. The molecular weight excluding hydrogens is 301 g/mol. The molecule has 0 saturated carbocycles. The maximum atomic E-state index is 13.1. The van der Waals surface area contributed by atoms with Crippen LogP contribution in [-0.2, 0) is 6.54 Å². The van der Waals surface area contributed by atoms with Crippen LogP contribution in [0.15, 0.2) is 33.5 Å². The van der Waals surface area contributed by atoms with Gasteiger partial charge in [-0.15, -0.1) is 0 Å².